The molecule has 2 aromatic rings. The summed E-state index contributed by atoms with van der Waals surface area (Å²) in [6, 6.07) is 13.0. The van der Waals surface area contributed by atoms with E-state index in [0.717, 1.165) is 12.8 Å². The van der Waals surface area contributed by atoms with Crippen LogP contribution >= 0.6 is 0 Å². The Morgan fingerprint density at radius 3 is 2.40 bits per heavy atom. The van der Waals surface area contributed by atoms with Crippen molar-refractivity contribution in [3.63, 3.8) is 0 Å². The molecule has 1 amide bonds. The molecule has 1 aliphatic rings. The minimum atomic E-state index is -3.47. The molecule has 0 atom stereocenters. The summed E-state index contributed by atoms with van der Waals surface area (Å²) in [6.07, 6.45) is 7.12. The lowest BCUT2D eigenvalue weighted by Crippen LogP contribution is -2.27. The van der Waals surface area contributed by atoms with Gasteiger partial charge in [-0.15, -0.1) is 6.42 Å². The Kier molecular flexibility index (Phi) is 4.88. The maximum atomic E-state index is 12.5. The minimum Gasteiger partial charge on any atom is -0.322 e. The first-order valence-electron chi connectivity index (χ1n) is 7.99. The van der Waals surface area contributed by atoms with Gasteiger partial charge in [0.15, 0.2) is 0 Å². The monoisotopic (exact) mass is 354 g/mol. The zero-order chi connectivity index (χ0) is 17.9. The van der Waals surface area contributed by atoms with Crippen molar-refractivity contribution < 1.29 is 13.2 Å². The fourth-order valence-corrected chi connectivity index (χ4v) is 4.26. The highest BCUT2D eigenvalue weighted by atomic mass is 32.2. The number of sulfonamides is 1. The van der Waals surface area contributed by atoms with Crippen molar-refractivity contribution >= 4 is 21.6 Å². The molecule has 1 aliphatic heterocycles. The number of terminal acetylenes is 1. The third-order valence-electron chi connectivity index (χ3n) is 4.11. The van der Waals surface area contributed by atoms with Gasteiger partial charge in [0.1, 0.15) is 0 Å². The highest BCUT2D eigenvalue weighted by Crippen LogP contribution is 2.21. The number of carbonyl (C=O) groups is 1. The van der Waals surface area contributed by atoms with E-state index in [-0.39, 0.29) is 10.8 Å². The highest BCUT2D eigenvalue weighted by Gasteiger charge is 2.27. The van der Waals surface area contributed by atoms with Gasteiger partial charge >= 0.3 is 0 Å². The fourth-order valence-electron chi connectivity index (χ4n) is 2.75. The summed E-state index contributed by atoms with van der Waals surface area (Å²) in [6.45, 7) is 1.10. The highest BCUT2D eigenvalue weighted by molar-refractivity contribution is 7.89. The average molecular weight is 354 g/mol. The molecule has 3 rings (SSSR count). The van der Waals surface area contributed by atoms with Gasteiger partial charge in [-0.1, -0.05) is 12.0 Å². The smallest absolute Gasteiger partial charge is 0.255 e. The van der Waals surface area contributed by atoms with Crippen molar-refractivity contribution in [2.24, 2.45) is 0 Å². The van der Waals surface area contributed by atoms with E-state index in [1.54, 1.807) is 24.3 Å². The maximum Gasteiger partial charge on any atom is 0.255 e. The van der Waals surface area contributed by atoms with E-state index in [9.17, 15) is 13.2 Å². The Labute approximate surface area is 147 Å². The summed E-state index contributed by atoms with van der Waals surface area (Å²) in [4.78, 5) is 12.5. The molecule has 5 nitrogen and oxygen atoms in total. The van der Waals surface area contributed by atoms with Crippen molar-refractivity contribution in [3.8, 4) is 12.3 Å². The Morgan fingerprint density at radius 1 is 1.08 bits per heavy atom. The number of nitrogens with one attached hydrogen (secondary N) is 1. The first-order chi connectivity index (χ1) is 12.0. The second-order valence-electron chi connectivity index (χ2n) is 5.81. The SMILES string of the molecule is C#Cc1cccc(NC(=O)c2ccc(S(=O)(=O)N3CCCC3)cc2)c1. The summed E-state index contributed by atoms with van der Waals surface area (Å²) in [7, 11) is -3.47. The maximum absolute atomic E-state index is 12.5. The molecule has 0 spiro atoms. The van der Waals surface area contributed by atoms with E-state index < -0.39 is 10.0 Å². The second-order valence-corrected chi connectivity index (χ2v) is 7.75. The summed E-state index contributed by atoms with van der Waals surface area (Å²) >= 11 is 0. The van der Waals surface area contributed by atoms with Gasteiger partial charge in [-0.05, 0) is 55.3 Å². The van der Waals surface area contributed by atoms with Crippen LogP contribution in [0.15, 0.2) is 53.4 Å². The van der Waals surface area contributed by atoms with E-state index in [2.05, 4.69) is 11.2 Å². The van der Waals surface area contributed by atoms with Crippen LogP contribution in [0.25, 0.3) is 0 Å². The molecule has 6 heteroatoms. The minimum absolute atomic E-state index is 0.209. The molecule has 0 saturated carbocycles. The zero-order valence-electron chi connectivity index (χ0n) is 13.6. The number of carbonyl (C=O) groups excluding carboxylic acids is 1. The summed E-state index contributed by atoms with van der Waals surface area (Å²) in [5.41, 5.74) is 1.64. The predicted octanol–water partition coefficient (Wildman–Crippen LogP) is 2.70. The van der Waals surface area contributed by atoms with Crippen molar-refractivity contribution in [2.45, 2.75) is 17.7 Å². The first kappa shape index (κ1) is 17.2. The molecule has 1 saturated heterocycles. The van der Waals surface area contributed by atoms with Crippen LogP contribution in [0.3, 0.4) is 0 Å². The fraction of sp³-hybridized carbons (Fsp3) is 0.211. The van der Waals surface area contributed by atoms with E-state index in [1.807, 2.05) is 0 Å². The van der Waals surface area contributed by atoms with Crippen molar-refractivity contribution in [1.82, 2.24) is 4.31 Å². The standard InChI is InChI=1S/C19H18N2O3S/c1-2-15-6-5-7-17(14-15)20-19(22)16-8-10-18(11-9-16)25(23,24)21-12-3-4-13-21/h1,5-11,14H,3-4,12-13H2,(H,20,22). The van der Waals surface area contributed by atoms with Gasteiger partial charge < -0.3 is 5.32 Å². The van der Waals surface area contributed by atoms with Crippen LogP contribution < -0.4 is 5.32 Å². The van der Waals surface area contributed by atoms with Gasteiger partial charge in [0, 0.05) is 29.9 Å². The molecule has 1 fully saturated rings. The molecular weight excluding hydrogens is 336 g/mol. The Hall–Kier alpha value is -2.62. The van der Waals surface area contributed by atoms with Crippen LogP contribution in [0.2, 0.25) is 0 Å². The molecule has 1 N–H and O–H groups in total. The van der Waals surface area contributed by atoms with Gasteiger partial charge in [-0.25, -0.2) is 8.42 Å². The van der Waals surface area contributed by atoms with E-state index in [4.69, 9.17) is 6.42 Å². The summed E-state index contributed by atoms with van der Waals surface area (Å²) in [5.74, 6) is 2.19. The average Bonchev–Trinajstić information content (AvgIpc) is 3.17. The molecule has 0 aromatic heterocycles. The van der Waals surface area contributed by atoms with Gasteiger partial charge in [0.05, 0.1) is 4.90 Å². The number of anilines is 1. The summed E-state index contributed by atoms with van der Waals surface area (Å²) < 4.78 is 26.4. The van der Waals surface area contributed by atoms with E-state index in [1.165, 1.54) is 28.6 Å². The first-order valence-corrected chi connectivity index (χ1v) is 9.43. The molecule has 25 heavy (non-hydrogen) atoms. The number of rotatable bonds is 4. The van der Waals surface area contributed by atoms with Crippen LogP contribution in [-0.2, 0) is 10.0 Å². The third-order valence-corrected chi connectivity index (χ3v) is 6.02. The van der Waals surface area contributed by atoms with Crippen molar-refractivity contribution in [1.29, 1.82) is 0 Å². The van der Waals surface area contributed by atoms with Crippen LogP contribution in [0.5, 0.6) is 0 Å². The van der Waals surface area contributed by atoms with Gasteiger partial charge in [-0.3, -0.25) is 4.79 Å². The van der Waals surface area contributed by atoms with E-state index >= 15 is 0 Å². The molecule has 0 radical (unpaired) electrons. The Balaban J connectivity index is 1.75. The molecule has 0 aliphatic carbocycles. The van der Waals surface area contributed by atoms with Crippen molar-refractivity contribution in [3.05, 3.63) is 59.7 Å². The number of amides is 1. The number of nitrogens with zero attached hydrogens (tertiary/aromatic N) is 1. The third kappa shape index (κ3) is 3.73. The molecule has 1 heterocycles. The Morgan fingerprint density at radius 2 is 1.76 bits per heavy atom. The van der Waals surface area contributed by atoms with Gasteiger partial charge in [0.2, 0.25) is 10.0 Å². The zero-order valence-corrected chi connectivity index (χ0v) is 14.4. The lowest BCUT2D eigenvalue weighted by molar-refractivity contribution is 0.102. The molecule has 128 valence electrons. The predicted molar refractivity (Wildman–Crippen MR) is 96.8 cm³/mol. The van der Waals surface area contributed by atoms with Crippen LogP contribution in [-0.4, -0.2) is 31.7 Å². The van der Waals surface area contributed by atoms with Crippen LogP contribution in [0.4, 0.5) is 5.69 Å². The normalized spacial score (nSPS) is 14.8. The number of hydrogen-bond acceptors (Lipinski definition) is 3. The second kappa shape index (κ2) is 7.09. The van der Waals surface area contributed by atoms with Gasteiger partial charge in [-0.2, -0.15) is 4.31 Å². The molecule has 0 bridgehead atoms. The quantitative estimate of drug-likeness (QED) is 0.859. The van der Waals surface area contributed by atoms with Gasteiger partial charge in [0.25, 0.3) is 5.91 Å². The number of benzene rings is 2. The lowest BCUT2D eigenvalue weighted by atomic mass is 10.2. The van der Waals surface area contributed by atoms with E-state index in [0.29, 0.717) is 29.9 Å². The summed E-state index contributed by atoms with van der Waals surface area (Å²) in [5, 5.41) is 2.75. The Bertz CT molecular complexity index is 922. The van der Waals surface area contributed by atoms with Crippen LogP contribution in [0, 0.1) is 12.3 Å². The van der Waals surface area contributed by atoms with Crippen molar-refractivity contribution in [2.75, 3.05) is 18.4 Å². The molecular formula is C19H18N2O3S. The van der Waals surface area contributed by atoms with Crippen LogP contribution in [0.1, 0.15) is 28.8 Å². The molecule has 0 unspecified atom stereocenters. The topological polar surface area (TPSA) is 66.5 Å². The molecule has 2 aromatic carbocycles. The lowest BCUT2D eigenvalue weighted by Gasteiger charge is -2.15. The largest absolute Gasteiger partial charge is 0.322 e. The number of hydrogen-bond donors (Lipinski definition) is 1.